The van der Waals surface area contributed by atoms with Gasteiger partial charge in [-0.25, -0.2) is 13.6 Å². The summed E-state index contributed by atoms with van der Waals surface area (Å²) in [6, 6.07) is 5.21. The highest BCUT2D eigenvalue weighted by molar-refractivity contribution is 9.10. The van der Waals surface area contributed by atoms with E-state index in [4.69, 9.17) is 16.3 Å². The molecule has 0 radical (unpaired) electrons. The molecule has 2 N–H and O–H groups in total. The number of hydrogen-bond donors (Lipinski definition) is 2. The van der Waals surface area contributed by atoms with Crippen LogP contribution in [0.5, 0.6) is 0 Å². The largest absolute Gasteiger partial charge is 0.444 e. The number of alkyl halides is 2. The summed E-state index contributed by atoms with van der Waals surface area (Å²) in [5.41, 5.74) is -0.0216. The molecular weight excluding hydrogens is 394 g/mol. The van der Waals surface area contributed by atoms with Gasteiger partial charge >= 0.3 is 6.09 Å². The lowest BCUT2D eigenvalue weighted by Gasteiger charge is -2.22. The smallest absolute Gasteiger partial charge is 0.407 e. The molecule has 130 valence electrons. The summed E-state index contributed by atoms with van der Waals surface area (Å²) < 4.78 is 33.2. The average Bonchev–Trinajstić information content (AvgIpc) is 2.39. The first-order valence-electron chi connectivity index (χ1n) is 6.98. The number of alkyl carbamates (subject to hydrolysis) is 1. The molecule has 1 aromatic carbocycles. The maximum atomic E-state index is 13.7. The molecule has 4 nitrogen and oxygen atoms in total. The first-order chi connectivity index (χ1) is 10.5. The monoisotopic (exact) mass is 412 g/mol. The van der Waals surface area contributed by atoms with Crippen LogP contribution in [0.25, 0.3) is 0 Å². The fraction of sp³-hybridized carbons (Fsp3) is 0.533. The topological polar surface area (TPSA) is 50.4 Å². The van der Waals surface area contributed by atoms with Gasteiger partial charge in [-0.15, -0.1) is 0 Å². The van der Waals surface area contributed by atoms with E-state index in [1.165, 1.54) is 0 Å². The van der Waals surface area contributed by atoms with Gasteiger partial charge in [0.2, 0.25) is 0 Å². The molecule has 0 fully saturated rings. The van der Waals surface area contributed by atoms with Crippen molar-refractivity contribution in [2.45, 2.75) is 38.8 Å². The molecule has 0 atom stereocenters. The van der Waals surface area contributed by atoms with Gasteiger partial charge in [0.25, 0.3) is 5.92 Å². The highest BCUT2D eigenvalue weighted by atomic mass is 79.9. The third-order valence-corrected chi connectivity index (χ3v) is 3.46. The minimum Gasteiger partial charge on any atom is -0.444 e. The van der Waals surface area contributed by atoms with Crippen LogP contribution in [0.3, 0.4) is 0 Å². The standard InChI is InChI=1S/C15H20BrClF2N2O2/c1-14(2,3)23-13(22)21-9-15(18,19)8-20-7-10-6-11(16)4-5-12(10)17/h4-6,20H,7-9H2,1-3H3,(H,21,22). The SMILES string of the molecule is CC(C)(C)OC(=O)NCC(F)(F)CNCc1cc(Br)ccc1Cl. The van der Waals surface area contributed by atoms with Gasteiger partial charge in [0.05, 0.1) is 13.1 Å². The second kappa shape index (κ2) is 8.26. The van der Waals surface area contributed by atoms with Gasteiger partial charge in [0, 0.05) is 16.0 Å². The van der Waals surface area contributed by atoms with Crippen LogP contribution in [0.1, 0.15) is 26.3 Å². The molecule has 0 unspecified atom stereocenters. The zero-order valence-electron chi connectivity index (χ0n) is 13.2. The van der Waals surface area contributed by atoms with Crippen LogP contribution in [0, 0.1) is 0 Å². The predicted octanol–water partition coefficient (Wildman–Crippen LogP) is 4.35. The average molecular weight is 414 g/mol. The van der Waals surface area contributed by atoms with Crippen molar-refractivity contribution in [3.8, 4) is 0 Å². The summed E-state index contributed by atoms with van der Waals surface area (Å²) in [4.78, 5) is 11.4. The number of ether oxygens (including phenoxy) is 1. The Balaban J connectivity index is 2.40. The predicted molar refractivity (Wildman–Crippen MR) is 90.0 cm³/mol. The number of hydrogen-bond acceptors (Lipinski definition) is 3. The number of carbonyl (C=O) groups excluding carboxylic acids is 1. The van der Waals surface area contributed by atoms with Crippen molar-refractivity contribution in [2.75, 3.05) is 13.1 Å². The van der Waals surface area contributed by atoms with E-state index >= 15 is 0 Å². The fourth-order valence-electron chi connectivity index (χ4n) is 1.64. The molecule has 23 heavy (non-hydrogen) atoms. The van der Waals surface area contributed by atoms with Crippen LogP contribution in [0.15, 0.2) is 22.7 Å². The van der Waals surface area contributed by atoms with Gasteiger partial charge in [-0.2, -0.15) is 0 Å². The Morgan fingerprint density at radius 3 is 2.57 bits per heavy atom. The van der Waals surface area contributed by atoms with Crippen LogP contribution < -0.4 is 10.6 Å². The zero-order valence-corrected chi connectivity index (χ0v) is 15.5. The van der Waals surface area contributed by atoms with Crippen molar-refractivity contribution < 1.29 is 18.3 Å². The van der Waals surface area contributed by atoms with Crippen molar-refractivity contribution in [3.05, 3.63) is 33.3 Å². The summed E-state index contributed by atoms with van der Waals surface area (Å²) >= 11 is 9.28. The van der Waals surface area contributed by atoms with Gasteiger partial charge < -0.3 is 15.4 Å². The highest BCUT2D eigenvalue weighted by Crippen LogP contribution is 2.21. The minimum absolute atomic E-state index is 0.195. The molecule has 0 aliphatic rings. The van der Waals surface area contributed by atoms with E-state index in [2.05, 4.69) is 26.6 Å². The quantitative estimate of drug-likeness (QED) is 0.729. The molecular formula is C15H20BrClF2N2O2. The highest BCUT2D eigenvalue weighted by Gasteiger charge is 2.30. The number of rotatable bonds is 6. The third kappa shape index (κ3) is 8.48. The molecule has 0 aliphatic heterocycles. The lowest BCUT2D eigenvalue weighted by atomic mass is 10.2. The van der Waals surface area contributed by atoms with E-state index in [1.807, 2.05) is 0 Å². The Bertz CT molecular complexity index is 551. The van der Waals surface area contributed by atoms with Crippen molar-refractivity contribution in [1.82, 2.24) is 10.6 Å². The Hall–Kier alpha value is -0.920. The molecule has 1 rings (SSSR count). The van der Waals surface area contributed by atoms with Crippen molar-refractivity contribution in [2.24, 2.45) is 0 Å². The number of amides is 1. The summed E-state index contributed by atoms with van der Waals surface area (Å²) in [7, 11) is 0. The maximum Gasteiger partial charge on any atom is 0.407 e. The third-order valence-electron chi connectivity index (χ3n) is 2.60. The van der Waals surface area contributed by atoms with Gasteiger partial charge in [0.1, 0.15) is 5.60 Å². The molecule has 1 aromatic rings. The maximum absolute atomic E-state index is 13.7. The van der Waals surface area contributed by atoms with E-state index in [-0.39, 0.29) is 6.54 Å². The number of benzene rings is 1. The van der Waals surface area contributed by atoms with Crippen LogP contribution in [0.4, 0.5) is 13.6 Å². The number of carbonyl (C=O) groups is 1. The van der Waals surface area contributed by atoms with Crippen LogP contribution in [-0.4, -0.2) is 30.7 Å². The van der Waals surface area contributed by atoms with Crippen LogP contribution in [0.2, 0.25) is 5.02 Å². The van der Waals surface area contributed by atoms with Gasteiger partial charge in [-0.05, 0) is 44.5 Å². The molecule has 1 amide bonds. The lowest BCUT2D eigenvalue weighted by molar-refractivity contribution is -0.00376. The number of halogens is 4. The van der Waals surface area contributed by atoms with Crippen molar-refractivity contribution in [1.29, 1.82) is 0 Å². The second-order valence-corrected chi connectivity index (χ2v) is 7.37. The Morgan fingerprint density at radius 1 is 1.30 bits per heavy atom. The fourth-order valence-corrected chi connectivity index (χ4v) is 2.23. The first kappa shape index (κ1) is 20.1. The van der Waals surface area contributed by atoms with E-state index in [0.29, 0.717) is 10.6 Å². The van der Waals surface area contributed by atoms with Crippen molar-refractivity contribution in [3.63, 3.8) is 0 Å². The molecule has 0 bridgehead atoms. The summed E-state index contributed by atoms with van der Waals surface area (Å²) in [6.07, 6.45) is -0.868. The molecule has 0 spiro atoms. The Kier molecular flexibility index (Phi) is 7.23. The second-order valence-electron chi connectivity index (χ2n) is 6.05. The zero-order chi connectivity index (χ0) is 17.7. The van der Waals surface area contributed by atoms with Crippen molar-refractivity contribution >= 4 is 33.6 Å². The van der Waals surface area contributed by atoms with E-state index in [1.54, 1.807) is 39.0 Å². The first-order valence-corrected chi connectivity index (χ1v) is 8.15. The molecule has 0 saturated heterocycles. The molecule has 0 saturated carbocycles. The van der Waals surface area contributed by atoms with Gasteiger partial charge in [-0.3, -0.25) is 0 Å². The summed E-state index contributed by atoms with van der Waals surface area (Å²) in [5, 5.41) is 5.19. The molecule has 8 heteroatoms. The summed E-state index contributed by atoms with van der Waals surface area (Å²) in [5.74, 6) is -3.10. The normalized spacial score (nSPS) is 12.1. The van der Waals surface area contributed by atoms with Gasteiger partial charge in [0.15, 0.2) is 0 Å². The minimum atomic E-state index is -3.10. The van der Waals surface area contributed by atoms with Gasteiger partial charge in [-0.1, -0.05) is 27.5 Å². The van der Waals surface area contributed by atoms with E-state index in [9.17, 15) is 13.6 Å². The Morgan fingerprint density at radius 2 is 1.96 bits per heavy atom. The van der Waals surface area contributed by atoms with E-state index < -0.39 is 30.7 Å². The van der Waals surface area contributed by atoms with Crippen LogP contribution >= 0.6 is 27.5 Å². The molecule has 0 aliphatic carbocycles. The summed E-state index contributed by atoms with van der Waals surface area (Å²) in [6.45, 7) is 3.78. The lowest BCUT2D eigenvalue weighted by Crippen LogP contribution is -2.44. The van der Waals surface area contributed by atoms with Crippen LogP contribution in [-0.2, 0) is 11.3 Å². The number of nitrogens with one attached hydrogen (secondary N) is 2. The van der Waals surface area contributed by atoms with E-state index in [0.717, 1.165) is 4.47 Å². The molecule has 0 aromatic heterocycles. The molecule has 0 heterocycles. The Labute approximate surface area is 148 Å².